The Hall–Kier alpha value is -0.710. The Morgan fingerprint density at radius 1 is 1.58 bits per heavy atom. The zero-order chi connectivity index (χ0) is 13.7. The van der Waals surface area contributed by atoms with Crippen LogP contribution in [-0.4, -0.2) is 30.8 Å². The molecule has 19 heavy (non-hydrogen) atoms. The molecular weight excluding hydrogens is 280 g/mol. The molecule has 1 aromatic carbocycles. The lowest BCUT2D eigenvalue weighted by Crippen LogP contribution is -2.45. The number of hydrogen-bond donors (Lipinski definition) is 2. The smallest absolute Gasteiger partial charge is 0.252 e. The first-order valence-electron chi connectivity index (χ1n) is 6.64. The predicted molar refractivity (Wildman–Crippen MR) is 81.2 cm³/mol. The Kier molecular flexibility index (Phi) is 5.55. The fourth-order valence-corrected chi connectivity index (χ4v) is 3.15. The third-order valence-electron chi connectivity index (χ3n) is 3.12. The van der Waals surface area contributed by atoms with Crippen molar-refractivity contribution in [2.75, 3.05) is 18.8 Å². The molecular formula is C14H19ClN2OS. The van der Waals surface area contributed by atoms with Gasteiger partial charge >= 0.3 is 0 Å². The largest absolute Gasteiger partial charge is 0.348 e. The van der Waals surface area contributed by atoms with Crippen LogP contribution in [0.5, 0.6) is 0 Å². The summed E-state index contributed by atoms with van der Waals surface area (Å²) >= 11 is 7.67. The molecule has 1 aliphatic rings. The van der Waals surface area contributed by atoms with Gasteiger partial charge in [0.25, 0.3) is 5.91 Å². The molecule has 0 aliphatic carbocycles. The molecule has 1 aromatic rings. The van der Waals surface area contributed by atoms with Crippen LogP contribution in [0.25, 0.3) is 0 Å². The number of halogens is 1. The monoisotopic (exact) mass is 298 g/mol. The van der Waals surface area contributed by atoms with Crippen molar-refractivity contribution in [1.82, 2.24) is 10.6 Å². The molecule has 0 saturated carbocycles. The van der Waals surface area contributed by atoms with E-state index in [1.54, 1.807) is 17.8 Å². The number of carbonyl (C=O) groups is 1. The second kappa shape index (κ2) is 7.17. The minimum Gasteiger partial charge on any atom is -0.348 e. The molecule has 1 amide bonds. The van der Waals surface area contributed by atoms with E-state index in [1.165, 1.54) is 0 Å². The fraction of sp³-hybridized carbons (Fsp3) is 0.500. The Morgan fingerprint density at radius 3 is 3.11 bits per heavy atom. The summed E-state index contributed by atoms with van der Waals surface area (Å²) in [6, 6.07) is 5.73. The number of rotatable bonds is 4. The van der Waals surface area contributed by atoms with Gasteiger partial charge in [0.15, 0.2) is 0 Å². The highest BCUT2D eigenvalue weighted by atomic mass is 35.5. The third kappa shape index (κ3) is 4.13. The van der Waals surface area contributed by atoms with Crippen molar-refractivity contribution >= 4 is 29.3 Å². The van der Waals surface area contributed by atoms with Crippen LogP contribution >= 0.6 is 23.4 Å². The highest BCUT2D eigenvalue weighted by molar-refractivity contribution is 7.99. The van der Waals surface area contributed by atoms with Gasteiger partial charge in [-0.05, 0) is 43.3 Å². The van der Waals surface area contributed by atoms with Crippen LogP contribution < -0.4 is 10.6 Å². The van der Waals surface area contributed by atoms with Crippen molar-refractivity contribution in [3.05, 3.63) is 28.8 Å². The average molecular weight is 299 g/mol. The quantitative estimate of drug-likeness (QED) is 0.840. The van der Waals surface area contributed by atoms with E-state index in [1.807, 2.05) is 12.1 Å². The third-order valence-corrected chi connectivity index (χ3v) is 4.31. The van der Waals surface area contributed by atoms with E-state index in [0.717, 1.165) is 36.6 Å². The Labute approximate surface area is 123 Å². The van der Waals surface area contributed by atoms with Gasteiger partial charge in [0.05, 0.1) is 5.56 Å². The van der Waals surface area contributed by atoms with Crippen LogP contribution in [0.2, 0.25) is 5.02 Å². The summed E-state index contributed by atoms with van der Waals surface area (Å²) in [7, 11) is 0. The minimum atomic E-state index is -0.0212. The van der Waals surface area contributed by atoms with Gasteiger partial charge in [-0.2, -0.15) is 0 Å². The van der Waals surface area contributed by atoms with Crippen molar-refractivity contribution in [3.63, 3.8) is 0 Å². The van der Waals surface area contributed by atoms with Crippen LogP contribution in [0.4, 0.5) is 0 Å². The number of hydrogen-bond acceptors (Lipinski definition) is 3. The molecule has 1 aliphatic heterocycles. The molecule has 2 N–H and O–H groups in total. The topological polar surface area (TPSA) is 41.1 Å². The van der Waals surface area contributed by atoms with Gasteiger partial charge in [-0.25, -0.2) is 0 Å². The summed E-state index contributed by atoms with van der Waals surface area (Å²) in [5.41, 5.74) is 0.685. The number of piperidine rings is 1. The lowest BCUT2D eigenvalue weighted by Gasteiger charge is -2.24. The molecule has 0 radical (unpaired) electrons. The first-order valence-corrected chi connectivity index (χ1v) is 8.01. The molecule has 1 saturated heterocycles. The van der Waals surface area contributed by atoms with Crippen molar-refractivity contribution in [3.8, 4) is 0 Å². The molecule has 1 atom stereocenters. The van der Waals surface area contributed by atoms with E-state index < -0.39 is 0 Å². The zero-order valence-electron chi connectivity index (χ0n) is 11.0. The van der Waals surface area contributed by atoms with Crippen molar-refractivity contribution in [2.24, 2.45) is 0 Å². The number of thioether (sulfide) groups is 1. The van der Waals surface area contributed by atoms with Crippen molar-refractivity contribution in [1.29, 1.82) is 0 Å². The first-order chi connectivity index (χ1) is 9.20. The van der Waals surface area contributed by atoms with Gasteiger partial charge in [0.1, 0.15) is 0 Å². The number of benzene rings is 1. The van der Waals surface area contributed by atoms with Crippen molar-refractivity contribution < 1.29 is 4.79 Å². The van der Waals surface area contributed by atoms with Crippen LogP contribution in [0.1, 0.15) is 30.1 Å². The summed E-state index contributed by atoms with van der Waals surface area (Å²) in [6.45, 7) is 3.97. The standard InChI is InChI=1S/C14H19ClN2OS/c1-2-19-13-6-5-10(15)8-12(13)14(18)17-11-4-3-7-16-9-11/h5-6,8,11,16H,2-4,7,9H2,1H3,(H,17,18). The van der Waals surface area contributed by atoms with Crippen LogP contribution in [0.15, 0.2) is 23.1 Å². The molecule has 1 fully saturated rings. The fourth-order valence-electron chi connectivity index (χ4n) is 2.20. The molecule has 1 unspecified atom stereocenters. The second-order valence-electron chi connectivity index (χ2n) is 4.59. The molecule has 3 nitrogen and oxygen atoms in total. The van der Waals surface area contributed by atoms with E-state index >= 15 is 0 Å². The summed E-state index contributed by atoms with van der Waals surface area (Å²) in [5.74, 6) is 0.916. The van der Waals surface area contributed by atoms with Crippen LogP contribution in [0.3, 0.4) is 0 Å². The molecule has 2 rings (SSSR count). The first kappa shape index (κ1) is 14.7. The highest BCUT2D eigenvalue weighted by Crippen LogP contribution is 2.25. The van der Waals surface area contributed by atoms with Crippen LogP contribution in [-0.2, 0) is 0 Å². The number of nitrogens with one attached hydrogen (secondary N) is 2. The Balaban J connectivity index is 2.10. The highest BCUT2D eigenvalue weighted by Gasteiger charge is 2.18. The summed E-state index contributed by atoms with van der Waals surface area (Å²) in [6.07, 6.45) is 2.15. The molecule has 0 aromatic heterocycles. The van der Waals surface area contributed by atoms with E-state index in [-0.39, 0.29) is 11.9 Å². The molecule has 5 heteroatoms. The Morgan fingerprint density at radius 2 is 2.42 bits per heavy atom. The maximum Gasteiger partial charge on any atom is 0.252 e. The van der Waals surface area contributed by atoms with Gasteiger partial charge in [-0.15, -0.1) is 11.8 Å². The average Bonchev–Trinajstić information content (AvgIpc) is 2.42. The lowest BCUT2D eigenvalue weighted by molar-refractivity contribution is 0.0927. The summed E-state index contributed by atoms with van der Waals surface area (Å²) in [4.78, 5) is 13.3. The van der Waals surface area contributed by atoms with E-state index in [2.05, 4.69) is 17.6 Å². The molecule has 0 spiro atoms. The van der Waals surface area contributed by atoms with E-state index in [4.69, 9.17) is 11.6 Å². The summed E-state index contributed by atoms with van der Waals surface area (Å²) in [5, 5.41) is 6.99. The molecule has 1 heterocycles. The number of amides is 1. The number of carbonyl (C=O) groups excluding carboxylic acids is 1. The molecule has 0 bridgehead atoms. The van der Waals surface area contributed by atoms with Gasteiger partial charge in [-0.1, -0.05) is 18.5 Å². The second-order valence-corrected chi connectivity index (χ2v) is 6.33. The zero-order valence-corrected chi connectivity index (χ0v) is 12.6. The predicted octanol–water partition coefficient (Wildman–Crippen LogP) is 2.93. The van der Waals surface area contributed by atoms with Gasteiger partial charge in [-0.3, -0.25) is 4.79 Å². The van der Waals surface area contributed by atoms with Gasteiger partial charge in [0, 0.05) is 22.5 Å². The van der Waals surface area contributed by atoms with Gasteiger partial charge in [0.2, 0.25) is 0 Å². The SMILES string of the molecule is CCSc1ccc(Cl)cc1C(=O)NC1CCCNC1. The minimum absolute atomic E-state index is 0.0212. The maximum absolute atomic E-state index is 12.3. The maximum atomic E-state index is 12.3. The van der Waals surface area contributed by atoms with Crippen molar-refractivity contribution in [2.45, 2.75) is 30.7 Å². The van der Waals surface area contributed by atoms with E-state index in [9.17, 15) is 4.79 Å². The lowest BCUT2D eigenvalue weighted by atomic mass is 10.1. The normalized spacial score (nSPS) is 19.2. The molecule has 104 valence electrons. The van der Waals surface area contributed by atoms with E-state index in [0.29, 0.717) is 10.6 Å². The van der Waals surface area contributed by atoms with Crippen LogP contribution in [0, 0.1) is 0 Å². The van der Waals surface area contributed by atoms with Gasteiger partial charge < -0.3 is 10.6 Å². The Bertz CT molecular complexity index is 447. The summed E-state index contributed by atoms with van der Waals surface area (Å²) < 4.78 is 0.